The third-order valence-corrected chi connectivity index (χ3v) is 6.32. The van der Waals surface area contributed by atoms with Crippen molar-refractivity contribution < 1.29 is 35.3 Å². The summed E-state index contributed by atoms with van der Waals surface area (Å²) in [6.07, 6.45) is 0. The second-order valence-electron chi connectivity index (χ2n) is 8.01. The van der Waals surface area contributed by atoms with Gasteiger partial charge in [0.25, 0.3) is 0 Å². The van der Waals surface area contributed by atoms with Gasteiger partial charge in [0, 0.05) is 0 Å². The molecule has 144 valence electrons. The SMILES string of the molecule is CC(C)(C)c1ccc([I+]c2ccc(C(C)(C)C)cc2)cc1.O=[As](F)(F)F. The summed E-state index contributed by atoms with van der Waals surface area (Å²) in [7, 11) is 0. The van der Waals surface area contributed by atoms with Crippen LogP contribution in [-0.2, 0) is 14.6 Å². The van der Waals surface area contributed by atoms with Gasteiger partial charge in [0.1, 0.15) is 0 Å². The van der Waals surface area contributed by atoms with E-state index < -0.39 is 14.9 Å². The normalized spacial score (nSPS) is 12.3. The van der Waals surface area contributed by atoms with Gasteiger partial charge in [-0.25, -0.2) is 0 Å². The molecule has 0 saturated carbocycles. The molecule has 26 heavy (non-hydrogen) atoms. The van der Waals surface area contributed by atoms with Crippen molar-refractivity contribution in [2.24, 2.45) is 0 Å². The Hall–Kier alpha value is -0.682. The van der Waals surface area contributed by atoms with Gasteiger partial charge in [-0.1, -0.05) is 65.8 Å². The maximum atomic E-state index is 9.97. The fourth-order valence-electron chi connectivity index (χ4n) is 2.15. The van der Waals surface area contributed by atoms with Crippen LogP contribution in [0, 0.1) is 7.14 Å². The second kappa shape index (κ2) is 9.01. The van der Waals surface area contributed by atoms with Crippen molar-refractivity contribution in [2.45, 2.75) is 52.4 Å². The molecular weight excluding hydrogens is 515 g/mol. The Morgan fingerprint density at radius 1 is 0.654 bits per heavy atom. The Kier molecular flexibility index (Phi) is 8.09. The zero-order chi connectivity index (χ0) is 20.2. The van der Waals surface area contributed by atoms with E-state index in [1.807, 2.05) is 0 Å². The molecule has 0 spiro atoms. The molecule has 0 atom stereocenters. The number of benzene rings is 2. The van der Waals surface area contributed by atoms with Gasteiger partial charge < -0.3 is 0 Å². The van der Waals surface area contributed by atoms with Crippen molar-refractivity contribution >= 4 is 14.9 Å². The Labute approximate surface area is 168 Å². The molecule has 0 heterocycles. The molecule has 0 amide bonds. The van der Waals surface area contributed by atoms with Crippen LogP contribution in [0.2, 0.25) is 0 Å². The molecule has 0 unspecified atom stereocenters. The maximum absolute atomic E-state index is 9.97. The van der Waals surface area contributed by atoms with E-state index in [2.05, 4.69) is 90.1 Å². The Morgan fingerprint density at radius 3 is 1.08 bits per heavy atom. The van der Waals surface area contributed by atoms with Crippen LogP contribution in [-0.4, -0.2) is 14.9 Å². The van der Waals surface area contributed by atoms with Crippen LogP contribution >= 0.6 is 0 Å². The molecule has 0 saturated heterocycles. The molecule has 0 aromatic heterocycles. The van der Waals surface area contributed by atoms with Gasteiger partial charge >= 0.3 is 50.2 Å². The monoisotopic (exact) mass is 541 g/mol. The standard InChI is InChI=1S/C20H26I.AsF3O/c1-19(2,3)15-7-11-17(12-8-15)21-18-13-9-16(10-14-18)20(4,5)6;2-1(3,4)5/h7-14H,1-6H3;/q+1;. The minimum atomic E-state index is -6.62. The van der Waals surface area contributed by atoms with Crippen LogP contribution in [0.1, 0.15) is 52.7 Å². The van der Waals surface area contributed by atoms with Crippen LogP contribution in [0.5, 0.6) is 0 Å². The first-order valence-electron chi connectivity index (χ1n) is 8.21. The summed E-state index contributed by atoms with van der Waals surface area (Å²) in [5.74, 6) is 0. The average molecular weight is 541 g/mol. The van der Waals surface area contributed by atoms with Crippen molar-refractivity contribution in [3.8, 4) is 0 Å². The molecule has 0 radical (unpaired) electrons. The molecule has 2 aromatic rings. The number of rotatable bonds is 2. The summed E-state index contributed by atoms with van der Waals surface area (Å²) in [6, 6.07) is 18.4. The second-order valence-corrected chi connectivity index (χ2v) is 12.7. The van der Waals surface area contributed by atoms with Crippen molar-refractivity contribution in [1.82, 2.24) is 0 Å². The van der Waals surface area contributed by atoms with Gasteiger partial charge in [-0.2, -0.15) is 0 Å². The predicted molar refractivity (Wildman–Crippen MR) is 97.4 cm³/mol. The van der Waals surface area contributed by atoms with Crippen molar-refractivity contribution in [1.29, 1.82) is 0 Å². The van der Waals surface area contributed by atoms with E-state index in [9.17, 15) is 10.4 Å². The Morgan fingerprint density at radius 2 is 0.885 bits per heavy atom. The fourth-order valence-corrected chi connectivity index (χ4v) is 4.31. The molecule has 0 aliphatic carbocycles. The molecule has 2 aromatic carbocycles. The summed E-state index contributed by atoms with van der Waals surface area (Å²) in [5.41, 5.74) is 3.31. The van der Waals surface area contributed by atoms with Gasteiger partial charge in [0.15, 0.2) is 7.14 Å². The molecule has 0 fully saturated rings. The average Bonchev–Trinajstić information content (AvgIpc) is 2.45. The summed E-state index contributed by atoms with van der Waals surface area (Å²) < 4.78 is 41.2. The van der Waals surface area contributed by atoms with E-state index in [0.717, 1.165) is 0 Å². The number of hydrogen-bond acceptors (Lipinski definition) is 1. The molecule has 0 N–H and O–H groups in total. The summed E-state index contributed by atoms with van der Waals surface area (Å²) in [6.45, 7) is 13.6. The zero-order valence-corrected chi connectivity index (χ0v) is 20.0. The van der Waals surface area contributed by atoms with E-state index in [0.29, 0.717) is 0 Å². The molecule has 1 nitrogen and oxygen atoms in total. The first kappa shape index (κ1) is 23.4. The summed E-state index contributed by atoms with van der Waals surface area (Å²) >= 11 is -6.70. The van der Waals surface area contributed by atoms with Gasteiger partial charge in [-0.15, -0.1) is 0 Å². The molecule has 2 rings (SSSR count). The number of halogens is 4. The quantitative estimate of drug-likeness (QED) is 0.422. The van der Waals surface area contributed by atoms with Gasteiger partial charge in [-0.3, -0.25) is 0 Å². The molecule has 0 aliphatic heterocycles. The van der Waals surface area contributed by atoms with Gasteiger partial charge in [0.05, 0.1) is 0 Å². The van der Waals surface area contributed by atoms with Crippen LogP contribution in [0.3, 0.4) is 0 Å². The first-order chi connectivity index (χ1) is 11.7. The predicted octanol–water partition coefficient (Wildman–Crippen LogP) is 3.17. The van der Waals surface area contributed by atoms with Crippen molar-refractivity contribution in [3.05, 3.63) is 66.8 Å². The van der Waals surface area contributed by atoms with Crippen molar-refractivity contribution in [2.75, 3.05) is 0 Å². The van der Waals surface area contributed by atoms with E-state index in [1.54, 1.807) is 0 Å². The van der Waals surface area contributed by atoms with Crippen LogP contribution < -0.4 is 21.2 Å². The minimum absolute atomic E-state index is 0.0703. The summed E-state index contributed by atoms with van der Waals surface area (Å²) in [4.78, 5) is 0. The van der Waals surface area contributed by atoms with Crippen LogP contribution in [0.15, 0.2) is 48.5 Å². The molecule has 6 heteroatoms. The van der Waals surface area contributed by atoms with E-state index in [1.165, 1.54) is 18.3 Å². The molecule has 0 aliphatic rings. The molecule has 0 bridgehead atoms. The van der Waals surface area contributed by atoms with Crippen LogP contribution in [0.25, 0.3) is 0 Å². The van der Waals surface area contributed by atoms with Crippen LogP contribution in [0.4, 0.5) is 10.4 Å². The van der Waals surface area contributed by atoms with Crippen molar-refractivity contribution in [3.63, 3.8) is 0 Å². The third kappa shape index (κ3) is 9.31. The topological polar surface area (TPSA) is 17.1 Å². The van der Waals surface area contributed by atoms with Gasteiger partial charge in [-0.05, 0) is 46.2 Å². The number of hydrogen-bond donors (Lipinski definition) is 0. The van der Waals surface area contributed by atoms with E-state index in [4.69, 9.17) is 3.74 Å². The Bertz CT molecular complexity index is 675. The third-order valence-electron chi connectivity index (χ3n) is 3.64. The van der Waals surface area contributed by atoms with E-state index >= 15 is 0 Å². The summed E-state index contributed by atoms with van der Waals surface area (Å²) in [5, 5.41) is 0. The zero-order valence-electron chi connectivity index (χ0n) is 16.0. The first-order valence-corrected chi connectivity index (χ1v) is 13.3. The molecular formula is C20H26AsF3IO+. The fraction of sp³-hybridized carbons (Fsp3) is 0.400. The van der Waals surface area contributed by atoms with Gasteiger partial charge in [0.2, 0.25) is 0 Å². The van der Waals surface area contributed by atoms with E-state index in [-0.39, 0.29) is 32.0 Å². The Balaban J connectivity index is 0.000000597.